The van der Waals surface area contributed by atoms with E-state index < -0.39 is 0 Å². The third kappa shape index (κ3) is 4.34. The van der Waals surface area contributed by atoms with Crippen LogP contribution in [0, 0.1) is 6.92 Å². The van der Waals surface area contributed by atoms with E-state index in [0.29, 0.717) is 13.2 Å². The molecule has 0 atom stereocenters. The van der Waals surface area contributed by atoms with Crippen LogP contribution in [0.4, 0.5) is 11.6 Å². The van der Waals surface area contributed by atoms with Crippen LogP contribution in [-0.2, 0) is 9.47 Å². The van der Waals surface area contributed by atoms with Gasteiger partial charge in [-0.2, -0.15) is 0 Å². The van der Waals surface area contributed by atoms with Crippen LogP contribution in [0.1, 0.15) is 25.1 Å². The van der Waals surface area contributed by atoms with Crippen molar-refractivity contribution < 1.29 is 9.47 Å². The van der Waals surface area contributed by atoms with Crippen molar-refractivity contribution in [1.82, 2.24) is 14.9 Å². The Labute approximate surface area is 144 Å². The average Bonchev–Trinajstić information content (AvgIpc) is 3.00. The SMILES string of the molecule is Cc1nc(NCCCN(C)C)cc(N2CCC3(CC2)OCCO3)n1. The lowest BCUT2D eigenvalue weighted by Crippen LogP contribution is -2.45. The molecule has 0 unspecified atom stereocenters. The molecule has 1 aromatic heterocycles. The Hall–Kier alpha value is -1.44. The van der Waals surface area contributed by atoms with Crippen LogP contribution in [-0.4, -0.2) is 74.1 Å². The molecule has 0 radical (unpaired) electrons. The van der Waals surface area contributed by atoms with Crippen LogP contribution in [0.2, 0.25) is 0 Å². The Kier molecular flexibility index (Phi) is 5.53. The maximum Gasteiger partial charge on any atom is 0.171 e. The van der Waals surface area contributed by atoms with Crippen molar-refractivity contribution in [3.8, 4) is 0 Å². The Morgan fingerprint density at radius 2 is 1.92 bits per heavy atom. The maximum atomic E-state index is 5.80. The zero-order chi connectivity index (χ0) is 17.0. The van der Waals surface area contributed by atoms with Crippen LogP contribution in [0.25, 0.3) is 0 Å². The molecule has 2 fully saturated rings. The molecule has 3 rings (SSSR count). The molecular weight excluding hydrogens is 306 g/mol. The average molecular weight is 335 g/mol. The molecule has 1 N–H and O–H groups in total. The molecule has 0 aromatic carbocycles. The zero-order valence-electron chi connectivity index (χ0n) is 15.0. The van der Waals surface area contributed by atoms with Crippen molar-refractivity contribution in [2.45, 2.75) is 32.0 Å². The van der Waals surface area contributed by atoms with Crippen molar-refractivity contribution in [3.63, 3.8) is 0 Å². The monoisotopic (exact) mass is 335 g/mol. The minimum atomic E-state index is -0.341. The molecule has 7 nitrogen and oxygen atoms in total. The largest absolute Gasteiger partial charge is 0.370 e. The number of rotatable bonds is 6. The molecule has 2 aliphatic rings. The predicted octanol–water partition coefficient (Wildman–Crippen LogP) is 1.49. The van der Waals surface area contributed by atoms with Gasteiger partial charge in [0.25, 0.3) is 0 Å². The molecule has 134 valence electrons. The summed E-state index contributed by atoms with van der Waals surface area (Å²) in [5.74, 6) is 2.36. The number of piperidine rings is 1. The minimum Gasteiger partial charge on any atom is -0.370 e. The van der Waals surface area contributed by atoms with Crippen molar-refractivity contribution in [2.24, 2.45) is 0 Å². The van der Waals surface area contributed by atoms with Crippen molar-refractivity contribution >= 4 is 11.6 Å². The predicted molar refractivity (Wildman–Crippen MR) is 94.5 cm³/mol. The van der Waals surface area contributed by atoms with Crippen LogP contribution < -0.4 is 10.2 Å². The van der Waals surface area contributed by atoms with E-state index in [1.165, 1.54) is 0 Å². The van der Waals surface area contributed by atoms with Crippen molar-refractivity contribution in [1.29, 1.82) is 0 Å². The van der Waals surface area contributed by atoms with Gasteiger partial charge in [-0.15, -0.1) is 0 Å². The Balaban J connectivity index is 1.57. The fraction of sp³-hybridized carbons (Fsp3) is 0.765. The van der Waals surface area contributed by atoms with E-state index in [-0.39, 0.29) is 5.79 Å². The standard InChI is InChI=1S/C17H29N5O2/c1-14-19-15(18-7-4-8-21(2)3)13-16(20-14)22-9-5-17(6-10-22)23-11-12-24-17/h13H,4-12H2,1-3H3,(H,18,19,20). The summed E-state index contributed by atoms with van der Waals surface area (Å²) >= 11 is 0. The lowest BCUT2D eigenvalue weighted by Gasteiger charge is -2.38. The molecule has 2 aliphatic heterocycles. The van der Waals surface area contributed by atoms with Gasteiger partial charge in [0, 0.05) is 38.5 Å². The number of anilines is 2. The highest BCUT2D eigenvalue weighted by Crippen LogP contribution is 2.33. The second-order valence-electron chi connectivity index (χ2n) is 6.84. The second kappa shape index (κ2) is 7.63. The maximum absolute atomic E-state index is 5.80. The molecule has 24 heavy (non-hydrogen) atoms. The first-order chi connectivity index (χ1) is 11.6. The van der Waals surface area contributed by atoms with E-state index in [0.717, 1.165) is 62.9 Å². The van der Waals surface area contributed by atoms with Crippen molar-refractivity contribution in [2.75, 3.05) is 63.7 Å². The van der Waals surface area contributed by atoms with Gasteiger partial charge >= 0.3 is 0 Å². The van der Waals surface area contributed by atoms with E-state index in [9.17, 15) is 0 Å². The van der Waals surface area contributed by atoms with E-state index in [4.69, 9.17) is 9.47 Å². The number of aryl methyl sites for hydroxylation is 1. The number of ether oxygens (including phenoxy) is 2. The second-order valence-corrected chi connectivity index (χ2v) is 6.84. The minimum absolute atomic E-state index is 0.341. The van der Waals surface area contributed by atoms with Gasteiger partial charge in [0.1, 0.15) is 17.5 Å². The molecule has 0 amide bonds. The highest BCUT2D eigenvalue weighted by molar-refractivity contribution is 5.49. The first-order valence-corrected chi connectivity index (χ1v) is 8.83. The lowest BCUT2D eigenvalue weighted by molar-refractivity contribution is -0.169. The van der Waals surface area contributed by atoms with E-state index in [2.05, 4.69) is 45.2 Å². The summed E-state index contributed by atoms with van der Waals surface area (Å²) < 4.78 is 11.6. The first-order valence-electron chi connectivity index (χ1n) is 8.83. The van der Waals surface area contributed by atoms with Gasteiger partial charge in [-0.25, -0.2) is 9.97 Å². The quantitative estimate of drug-likeness (QED) is 0.790. The van der Waals surface area contributed by atoms with Gasteiger partial charge in [0.05, 0.1) is 13.2 Å². The third-order valence-electron chi connectivity index (χ3n) is 4.58. The lowest BCUT2D eigenvalue weighted by atomic mass is 10.0. The molecule has 3 heterocycles. The number of hydrogen-bond donors (Lipinski definition) is 1. The van der Waals surface area contributed by atoms with E-state index in [1.807, 2.05) is 6.92 Å². The highest BCUT2D eigenvalue weighted by Gasteiger charge is 2.40. The van der Waals surface area contributed by atoms with Crippen LogP contribution in [0.5, 0.6) is 0 Å². The van der Waals surface area contributed by atoms with Gasteiger partial charge in [-0.1, -0.05) is 0 Å². The molecular formula is C17H29N5O2. The summed E-state index contributed by atoms with van der Waals surface area (Å²) in [7, 11) is 4.18. The summed E-state index contributed by atoms with van der Waals surface area (Å²) in [6.07, 6.45) is 2.87. The van der Waals surface area contributed by atoms with Gasteiger partial charge < -0.3 is 24.6 Å². The summed E-state index contributed by atoms with van der Waals surface area (Å²) in [5, 5.41) is 3.42. The number of nitrogens with one attached hydrogen (secondary N) is 1. The Bertz CT molecular complexity index is 536. The molecule has 1 aromatic rings. The number of aromatic nitrogens is 2. The van der Waals surface area contributed by atoms with Gasteiger partial charge in [0.2, 0.25) is 0 Å². The topological polar surface area (TPSA) is 62.8 Å². The summed E-state index contributed by atoms with van der Waals surface area (Å²) in [4.78, 5) is 13.6. The van der Waals surface area contributed by atoms with Crippen LogP contribution >= 0.6 is 0 Å². The number of hydrogen-bond acceptors (Lipinski definition) is 7. The van der Waals surface area contributed by atoms with Gasteiger partial charge in [-0.05, 0) is 34.0 Å². The summed E-state index contributed by atoms with van der Waals surface area (Å²) in [6.45, 7) is 7.16. The molecule has 7 heteroatoms. The normalized spacial score (nSPS) is 20.1. The fourth-order valence-electron chi connectivity index (χ4n) is 3.28. The molecule has 0 aliphatic carbocycles. The molecule has 1 spiro atoms. The molecule has 2 saturated heterocycles. The summed E-state index contributed by atoms with van der Waals surface area (Å²) in [5.41, 5.74) is 0. The number of nitrogens with zero attached hydrogens (tertiary/aromatic N) is 4. The third-order valence-corrected chi connectivity index (χ3v) is 4.58. The van der Waals surface area contributed by atoms with Crippen LogP contribution in [0.3, 0.4) is 0 Å². The highest BCUT2D eigenvalue weighted by atomic mass is 16.7. The van der Waals surface area contributed by atoms with E-state index in [1.54, 1.807) is 0 Å². The Morgan fingerprint density at radius 3 is 2.58 bits per heavy atom. The van der Waals surface area contributed by atoms with Gasteiger partial charge in [-0.3, -0.25) is 0 Å². The van der Waals surface area contributed by atoms with Crippen LogP contribution in [0.15, 0.2) is 6.07 Å². The van der Waals surface area contributed by atoms with Crippen molar-refractivity contribution in [3.05, 3.63) is 11.9 Å². The first kappa shape index (κ1) is 17.4. The van der Waals surface area contributed by atoms with E-state index >= 15 is 0 Å². The zero-order valence-corrected chi connectivity index (χ0v) is 15.0. The molecule has 0 bridgehead atoms. The Morgan fingerprint density at radius 1 is 1.21 bits per heavy atom. The summed E-state index contributed by atoms with van der Waals surface area (Å²) in [6, 6.07) is 2.05. The fourth-order valence-corrected chi connectivity index (χ4v) is 3.28. The smallest absolute Gasteiger partial charge is 0.171 e. The van der Waals surface area contributed by atoms with Gasteiger partial charge in [0.15, 0.2) is 5.79 Å². The molecule has 0 saturated carbocycles.